The van der Waals surface area contributed by atoms with Gasteiger partial charge in [-0.2, -0.15) is 0 Å². The highest BCUT2D eigenvalue weighted by molar-refractivity contribution is 5.28. The van der Waals surface area contributed by atoms with Gasteiger partial charge in [0.1, 0.15) is 11.7 Å². The topological polar surface area (TPSA) is 93.5 Å². The monoisotopic (exact) mass is 284 g/mol. The Morgan fingerprint density at radius 3 is 2.30 bits per heavy atom. The Labute approximate surface area is 118 Å². The zero-order chi connectivity index (χ0) is 14.9. The first-order valence-electron chi connectivity index (χ1n) is 7.22. The van der Waals surface area contributed by atoms with E-state index in [9.17, 15) is 20.4 Å². The van der Waals surface area contributed by atoms with Crippen LogP contribution >= 0.6 is 0 Å². The van der Waals surface area contributed by atoms with Crippen molar-refractivity contribution in [2.45, 2.75) is 63.6 Å². The second kappa shape index (κ2) is 4.05. The minimum Gasteiger partial charge on any atom is -0.390 e. The first-order valence-corrected chi connectivity index (χ1v) is 7.22. The van der Waals surface area contributed by atoms with Crippen molar-refractivity contribution in [2.24, 2.45) is 10.8 Å². The summed E-state index contributed by atoms with van der Waals surface area (Å²) >= 11 is 0. The van der Waals surface area contributed by atoms with Gasteiger partial charge in [0.25, 0.3) is 0 Å². The fourth-order valence-electron chi connectivity index (χ4n) is 4.40. The Kier molecular flexibility index (Phi) is 2.93. The second-order valence-electron chi connectivity index (χ2n) is 7.22. The summed E-state index contributed by atoms with van der Waals surface area (Å²) in [6.45, 7) is 6.06. The van der Waals surface area contributed by atoms with Crippen molar-refractivity contribution in [3.05, 3.63) is 11.6 Å². The molecule has 0 amide bonds. The summed E-state index contributed by atoms with van der Waals surface area (Å²) in [5.41, 5.74) is -1.26. The van der Waals surface area contributed by atoms with E-state index in [2.05, 4.69) is 0 Å². The van der Waals surface area contributed by atoms with E-state index >= 15 is 0 Å². The molecular formula is C15H24O5. The van der Waals surface area contributed by atoms with Gasteiger partial charge >= 0.3 is 0 Å². The van der Waals surface area contributed by atoms with Crippen molar-refractivity contribution in [1.82, 2.24) is 0 Å². The summed E-state index contributed by atoms with van der Waals surface area (Å²) in [4.78, 5) is 0. The molecule has 4 N–H and O–H groups in total. The first-order chi connectivity index (χ1) is 9.18. The highest BCUT2D eigenvalue weighted by Crippen LogP contribution is 2.66. The minimum atomic E-state index is -0.930. The number of aliphatic hydroxyl groups is 4. The Hall–Kier alpha value is -0.460. The number of rotatable bonds is 1. The van der Waals surface area contributed by atoms with Crippen LogP contribution in [-0.4, -0.2) is 57.0 Å². The van der Waals surface area contributed by atoms with E-state index in [4.69, 9.17) is 4.74 Å². The summed E-state index contributed by atoms with van der Waals surface area (Å²) in [5, 5.41) is 41.1. The number of hydrogen-bond donors (Lipinski definition) is 4. The molecule has 1 saturated heterocycles. The summed E-state index contributed by atoms with van der Waals surface area (Å²) < 4.78 is 5.56. The molecule has 5 nitrogen and oxygen atoms in total. The molecule has 3 rings (SSSR count). The average Bonchev–Trinajstić information content (AvgIpc) is 3.13. The van der Waals surface area contributed by atoms with Gasteiger partial charge in [-0.15, -0.1) is 0 Å². The molecule has 1 heterocycles. The SMILES string of the molecule is CC1=C[C@H](O)[C@@](C)([C@@]2(C)C[C@@H](O)[C@@H](O)[C@]23CO3)C[C@H]1O. The molecule has 20 heavy (non-hydrogen) atoms. The lowest BCUT2D eigenvalue weighted by Crippen LogP contribution is -2.56. The lowest BCUT2D eigenvalue weighted by Gasteiger charge is -2.52. The van der Waals surface area contributed by atoms with Crippen LogP contribution in [0.4, 0.5) is 0 Å². The summed E-state index contributed by atoms with van der Waals surface area (Å²) in [6, 6.07) is 0. The third-order valence-electron chi connectivity index (χ3n) is 6.33. The van der Waals surface area contributed by atoms with Crippen LogP contribution in [-0.2, 0) is 4.74 Å². The largest absolute Gasteiger partial charge is 0.390 e. The highest BCUT2D eigenvalue weighted by Gasteiger charge is 2.75. The van der Waals surface area contributed by atoms with Gasteiger partial charge in [-0.25, -0.2) is 0 Å². The van der Waals surface area contributed by atoms with Crippen molar-refractivity contribution >= 4 is 0 Å². The zero-order valence-corrected chi connectivity index (χ0v) is 12.2. The van der Waals surface area contributed by atoms with Crippen LogP contribution in [0.3, 0.4) is 0 Å². The molecule has 1 saturated carbocycles. The molecule has 2 aliphatic carbocycles. The van der Waals surface area contributed by atoms with E-state index in [0.29, 0.717) is 19.4 Å². The van der Waals surface area contributed by atoms with Gasteiger partial charge in [0.05, 0.1) is 24.9 Å². The number of ether oxygens (including phenoxy) is 1. The van der Waals surface area contributed by atoms with E-state index in [1.807, 2.05) is 13.8 Å². The van der Waals surface area contributed by atoms with Crippen molar-refractivity contribution < 1.29 is 25.2 Å². The van der Waals surface area contributed by atoms with E-state index in [-0.39, 0.29) is 0 Å². The maximum atomic E-state index is 10.6. The molecule has 0 aromatic carbocycles. The van der Waals surface area contributed by atoms with Gasteiger partial charge < -0.3 is 25.2 Å². The van der Waals surface area contributed by atoms with Gasteiger partial charge in [-0.3, -0.25) is 0 Å². The maximum Gasteiger partial charge on any atom is 0.126 e. The molecule has 0 unspecified atom stereocenters. The summed E-state index contributed by atoms with van der Waals surface area (Å²) in [5.74, 6) is 0. The second-order valence-corrected chi connectivity index (χ2v) is 7.22. The Morgan fingerprint density at radius 1 is 1.15 bits per heavy atom. The van der Waals surface area contributed by atoms with Gasteiger partial charge in [0, 0.05) is 10.8 Å². The molecule has 0 aromatic heterocycles. The van der Waals surface area contributed by atoms with Crippen molar-refractivity contribution in [2.75, 3.05) is 6.61 Å². The third kappa shape index (κ3) is 1.50. The van der Waals surface area contributed by atoms with E-state index < -0.39 is 40.8 Å². The molecule has 7 atom stereocenters. The standard InChI is InChI=1S/C15H24O5/c1-8-4-11(18)13(2,5-9(8)16)14(3)6-10(17)12(19)15(14)7-20-15/h4,9-12,16-19H,5-7H2,1-3H3/t9-,10-,11+,12-,13+,14-,15-/m1/s1. The van der Waals surface area contributed by atoms with Crippen LogP contribution in [0.15, 0.2) is 11.6 Å². The van der Waals surface area contributed by atoms with Gasteiger partial charge in [0.15, 0.2) is 0 Å². The molecular weight excluding hydrogens is 260 g/mol. The Bertz CT molecular complexity index is 457. The first kappa shape index (κ1) is 14.5. The molecule has 2 fully saturated rings. The van der Waals surface area contributed by atoms with Crippen LogP contribution < -0.4 is 0 Å². The van der Waals surface area contributed by atoms with Crippen LogP contribution in [0.25, 0.3) is 0 Å². The number of epoxide rings is 1. The minimum absolute atomic E-state index is 0.362. The fraction of sp³-hybridized carbons (Fsp3) is 0.867. The molecule has 1 spiro atoms. The smallest absolute Gasteiger partial charge is 0.126 e. The van der Waals surface area contributed by atoms with Crippen molar-refractivity contribution in [3.8, 4) is 0 Å². The molecule has 0 bridgehead atoms. The number of aliphatic hydroxyl groups excluding tert-OH is 4. The third-order valence-corrected chi connectivity index (χ3v) is 6.33. The molecule has 114 valence electrons. The molecule has 3 aliphatic rings. The van der Waals surface area contributed by atoms with Gasteiger partial charge in [-0.05, 0) is 25.3 Å². The van der Waals surface area contributed by atoms with E-state index in [0.717, 1.165) is 5.57 Å². The molecule has 0 aromatic rings. The summed E-state index contributed by atoms with van der Waals surface area (Å²) in [7, 11) is 0. The van der Waals surface area contributed by atoms with Crippen LogP contribution in [0, 0.1) is 10.8 Å². The average molecular weight is 284 g/mol. The molecule has 0 radical (unpaired) electrons. The van der Waals surface area contributed by atoms with Crippen LogP contribution in [0.2, 0.25) is 0 Å². The van der Waals surface area contributed by atoms with Crippen LogP contribution in [0.1, 0.15) is 33.6 Å². The fourth-order valence-corrected chi connectivity index (χ4v) is 4.40. The van der Waals surface area contributed by atoms with E-state index in [1.54, 1.807) is 13.0 Å². The highest BCUT2D eigenvalue weighted by atomic mass is 16.6. The molecule has 1 aliphatic heterocycles. The van der Waals surface area contributed by atoms with Gasteiger partial charge in [-0.1, -0.05) is 19.9 Å². The number of hydrogen-bond acceptors (Lipinski definition) is 5. The Morgan fingerprint density at radius 2 is 1.75 bits per heavy atom. The summed E-state index contributed by atoms with van der Waals surface area (Å²) in [6.07, 6.45) is -0.664. The molecule has 5 heteroatoms. The zero-order valence-electron chi connectivity index (χ0n) is 12.2. The Balaban J connectivity index is 2.04. The lowest BCUT2D eigenvalue weighted by atomic mass is 9.53. The van der Waals surface area contributed by atoms with Crippen molar-refractivity contribution in [3.63, 3.8) is 0 Å². The maximum absolute atomic E-state index is 10.6. The normalized spacial score (nSPS) is 58.9. The predicted molar refractivity (Wildman–Crippen MR) is 71.9 cm³/mol. The quantitative estimate of drug-likeness (QED) is 0.401. The van der Waals surface area contributed by atoms with Gasteiger partial charge in [0.2, 0.25) is 0 Å². The van der Waals surface area contributed by atoms with E-state index in [1.165, 1.54) is 0 Å². The van der Waals surface area contributed by atoms with Crippen molar-refractivity contribution in [1.29, 1.82) is 0 Å². The lowest BCUT2D eigenvalue weighted by molar-refractivity contribution is -0.108. The predicted octanol–water partition coefficient (Wildman–Crippen LogP) is -0.0347. The van der Waals surface area contributed by atoms with Crippen LogP contribution in [0.5, 0.6) is 0 Å².